The molecule has 6 nitrogen and oxygen atoms in total. The number of fused-ring (bicyclic) bond motifs is 1. The van der Waals surface area contributed by atoms with Crippen LogP contribution in [0.15, 0.2) is 108 Å². The van der Waals surface area contributed by atoms with Crippen LogP contribution in [0.3, 0.4) is 0 Å². The van der Waals surface area contributed by atoms with Gasteiger partial charge in [-0.3, -0.25) is 10.2 Å². The van der Waals surface area contributed by atoms with E-state index in [0.29, 0.717) is 11.3 Å². The molecule has 42 heavy (non-hydrogen) atoms. The van der Waals surface area contributed by atoms with Crippen LogP contribution in [0.4, 0.5) is 0 Å². The number of amides is 1. The number of rotatable bonds is 11. The molecule has 2 rings (SSSR count). The molecule has 0 fully saturated rings. The highest BCUT2D eigenvalue weighted by Gasteiger charge is 2.21. The Morgan fingerprint density at radius 3 is 2.48 bits per heavy atom. The average Bonchev–Trinajstić information content (AvgIpc) is 2.96. The van der Waals surface area contributed by atoms with Crippen LogP contribution in [-0.4, -0.2) is 48.4 Å². The normalized spacial score (nSPS) is 16.6. The summed E-state index contributed by atoms with van der Waals surface area (Å²) in [6, 6.07) is 0.239. The van der Waals surface area contributed by atoms with Gasteiger partial charge in [-0.15, -0.1) is 12.8 Å². The molecule has 0 radical (unpaired) electrons. The van der Waals surface area contributed by atoms with Crippen molar-refractivity contribution in [3.05, 3.63) is 108 Å². The monoisotopic (exact) mass is 591 g/mol. The van der Waals surface area contributed by atoms with Crippen LogP contribution in [0.5, 0.6) is 0 Å². The first-order valence-corrected chi connectivity index (χ1v) is 15.3. The number of allylic oxidation sites excluding steroid dienone is 11. The number of nitrogens with zero attached hydrogens (tertiary/aromatic N) is 1. The van der Waals surface area contributed by atoms with Gasteiger partial charge < -0.3 is 21.3 Å². The van der Waals surface area contributed by atoms with Crippen molar-refractivity contribution in [2.24, 2.45) is 5.73 Å². The van der Waals surface area contributed by atoms with Crippen molar-refractivity contribution in [2.75, 3.05) is 26.4 Å². The largest absolute Gasteiger partial charge is 0.384 e. The maximum Gasteiger partial charge on any atom is 0.256 e. The molecule has 5 N–H and O–H groups in total. The van der Waals surface area contributed by atoms with Crippen LogP contribution >= 0.6 is 11.8 Å². The molecule has 2 bridgehead atoms. The Hall–Kier alpha value is -3.73. The third-order valence-electron chi connectivity index (χ3n) is 5.28. The van der Waals surface area contributed by atoms with E-state index in [1.807, 2.05) is 71.4 Å². The first kappa shape index (κ1) is 40.4. The van der Waals surface area contributed by atoms with Crippen molar-refractivity contribution in [1.82, 2.24) is 15.5 Å². The summed E-state index contributed by atoms with van der Waals surface area (Å²) in [4.78, 5) is 15.2. The number of hydrogen-bond donors (Lipinski definition) is 4. The zero-order valence-corrected chi connectivity index (χ0v) is 27.6. The Labute approximate surface area is 260 Å². The van der Waals surface area contributed by atoms with Crippen molar-refractivity contribution in [2.45, 2.75) is 59.9 Å². The maximum atomic E-state index is 13.1. The van der Waals surface area contributed by atoms with Crippen molar-refractivity contribution in [1.29, 1.82) is 5.41 Å². The molecule has 1 aliphatic heterocycles. The summed E-state index contributed by atoms with van der Waals surface area (Å²) < 4.78 is 0. The lowest BCUT2D eigenvalue weighted by Gasteiger charge is -2.24. The van der Waals surface area contributed by atoms with E-state index in [9.17, 15) is 4.79 Å². The van der Waals surface area contributed by atoms with Crippen LogP contribution in [0.1, 0.15) is 53.9 Å². The number of terminal acetylenes is 1. The molecule has 1 unspecified atom stereocenters. The molecule has 0 aromatic carbocycles. The van der Waals surface area contributed by atoms with Gasteiger partial charge in [-0.25, -0.2) is 0 Å². The third kappa shape index (κ3) is 19.4. The number of nitrogens with two attached hydrogens (primary N) is 1. The smallest absolute Gasteiger partial charge is 0.256 e. The molecule has 1 amide bonds. The molecule has 0 aromatic heterocycles. The fourth-order valence-corrected chi connectivity index (χ4v) is 3.85. The van der Waals surface area contributed by atoms with Gasteiger partial charge in [0.05, 0.1) is 0 Å². The van der Waals surface area contributed by atoms with Gasteiger partial charge in [0.1, 0.15) is 0 Å². The minimum atomic E-state index is -0.153. The zero-order chi connectivity index (χ0) is 32.3. The van der Waals surface area contributed by atoms with Gasteiger partial charge in [0.2, 0.25) is 0 Å². The molecule has 2 aliphatic rings. The fourth-order valence-electron chi connectivity index (χ4n) is 3.42. The fraction of sp³-hybridized carbons (Fsp3) is 0.371. The second-order valence-corrected chi connectivity index (χ2v) is 10.3. The molecular weight excluding hydrogens is 538 g/mol. The summed E-state index contributed by atoms with van der Waals surface area (Å²) in [6.45, 7) is 14.6. The summed E-state index contributed by atoms with van der Waals surface area (Å²) in [6.07, 6.45) is 35.5. The lowest BCUT2D eigenvalue weighted by Crippen LogP contribution is -2.30. The SMILES string of the molecule is C#C.C=C(C)NC(=O)/C(=C/C(=C/C)C/C=C\C=C/CN(C)C)C1=CNC2C=C1/C=C\C=CC2.CC.CCCSC(=N)N. The van der Waals surface area contributed by atoms with E-state index in [1.165, 1.54) is 11.8 Å². The second kappa shape index (κ2) is 26.2. The standard InChI is InChI=1S/C27H35N3O.C4H10N2S.C2H6.C2H2/c1-6-22(14-10-7-8-13-17-30(4)5)18-25(27(31)29-21(2)3)26-20-28-24-16-12-9-11-15-23(26)19-24;1-2-3-7-4(5)6;2*1-2/h6-13,15,18-20,24,28H,2,14,16-17H2,1,3-5H3,(H,29,31);2-3H2,1H3,(H3,5,6);1-2H3;1-2H/b10-7-,12-9?,13-8-,15-11-,22-6+,25-18+;;;. The Bertz CT molecular complexity index is 1100. The minimum absolute atomic E-state index is 0.153. The molecule has 1 aliphatic carbocycles. The second-order valence-electron chi connectivity index (χ2n) is 9.17. The number of thioether (sulfide) groups is 1. The number of likely N-dealkylation sites (N-methyl/N-ethyl adjacent to an activating group) is 1. The highest BCUT2D eigenvalue weighted by Crippen LogP contribution is 2.27. The van der Waals surface area contributed by atoms with Crippen molar-refractivity contribution in [3.63, 3.8) is 0 Å². The van der Waals surface area contributed by atoms with E-state index < -0.39 is 0 Å². The zero-order valence-electron chi connectivity index (χ0n) is 26.7. The van der Waals surface area contributed by atoms with E-state index in [-0.39, 0.29) is 17.1 Å². The van der Waals surface area contributed by atoms with Gasteiger partial charge in [-0.1, -0.05) is 99.9 Å². The Morgan fingerprint density at radius 1 is 1.26 bits per heavy atom. The topological polar surface area (TPSA) is 94.2 Å². The molecule has 1 atom stereocenters. The predicted molar refractivity (Wildman–Crippen MR) is 188 cm³/mol. The summed E-state index contributed by atoms with van der Waals surface area (Å²) in [5, 5.41) is 13.2. The first-order valence-electron chi connectivity index (χ1n) is 14.3. The van der Waals surface area contributed by atoms with Crippen LogP contribution in [0.25, 0.3) is 0 Å². The maximum absolute atomic E-state index is 13.1. The van der Waals surface area contributed by atoms with E-state index in [4.69, 9.17) is 11.1 Å². The summed E-state index contributed by atoms with van der Waals surface area (Å²) in [7, 11) is 4.09. The average molecular weight is 592 g/mol. The molecule has 0 spiro atoms. The molecule has 0 saturated heterocycles. The van der Waals surface area contributed by atoms with Gasteiger partial charge in [0.15, 0.2) is 5.17 Å². The van der Waals surface area contributed by atoms with Crippen molar-refractivity contribution < 1.29 is 4.79 Å². The van der Waals surface area contributed by atoms with Gasteiger partial charge in [0.25, 0.3) is 5.91 Å². The van der Waals surface area contributed by atoms with E-state index in [2.05, 4.69) is 78.3 Å². The Kier molecular flexibility index (Phi) is 25.2. The number of amidine groups is 1. The summed E-state index contributed by atoms with van der Waals surface area (Å²) >= 11 is 1.39. The van der Waals surface area contributed by atoms with Crippen molar-refractivity contribution in [3.8, 4) is 12.8 Å². The molecule has 0 saturated carbocycles. The van der Waals surface area contributed by atoms with Crippen LogP contribution in [-0.2, 0) is 4.79 Å². The number of nitrogens with one attached hydrogen (secondary N) is 3. The summed E-state index contributed by atoms with van der Waals surface area (Å²) in [5.41, 5.74) is 9.28. The lowest BCUT2D eigenvalue weighted by atomic mass is 9.90. The minimum Gasteiger partial charge on any atom is -0.384 e. The van der Waals surface area contributed by atoms with Gasteiger partial charge >= 0.3 is 0 Å². The van der Waals surface area contributed by atoms with Crippen LogP contribution < -0.4 is 16.4 Å². The van der Waals surface area contributed by atoms with Crippen LogP contribution in [0, 0.1) is 18.3 Å². The molecule has 230 valence electrons. The Morgan fingerprint density at radius 2 is 1.93 bits per heavy atom. The predicted octanol–water partition coefficient (Wildman–Crippen LogP) is 7.17. The van der Waals surface area contributed by atoms with E-state index >= 15 is 0 Å². The number of carbonyl (C=O) groups is 1. The van der Waals surface area contributed by atoms with Gasteiger partial charge in [-0.2, -0.15) is 0 Å². The van der Waals surface area contributed by atoms with E-state index in [1.54, 1.807) is 6.92 Å². The van der Waals surface area contributed by atoms with Crippen LogP contribution in [0.2, 0.25) is 0 Å². The lowest BCUT2D eigenvalue weighted by molar-refractivity contribution is -0.116. The first-order chi connectivity index (χ1) is 20.2. The van der Waals surface area contributed by atoms with Gasteiger partial charge in [-0.05, 0) is 64.4 Å². The number of dihydropyridines is 1. The quantitative estimate of drug-likeness (QED) is 0.0672. The molecular formula is C35H53N5OS. The molecule has 0 aromatic rings. The number of carbonyl (C=O) groups excluding carboxylic acids is 1. The van der Waals surface area contributed by atoms with Crippen molar-refractivity contribution >= 4 is 22.8 Å². The molecule has 7 heteroatoms. The summed E-state index contributed by atoms with van der Waals surface area (Å²) in [5.74, 6) is 0.815. The third-order valence-corrected chi connectivity index (χ3v) is 6.20. The number of hydrogen-bond acceptors (Lipinski definition) is 5. The molecule has 1 heterocycles. The highest BCUT2D eigenvalue weighted by molar-refractivity contribution is 8.13. The van der Waals surface area contributed by atoms with Gasteiger partial charge in [0, 0.05) is 41.4 Å². The van der Waals surface area contributed by atoms with E-state index in [0.717, 1.165) is 48.3 Å². The highest BCUT2D eigenvalue weighted by atomic mass is 32.2. The Balaban J connectivity index is 0.